The van der Waals surface area contributed by atoms with E-state index in [1.54, 1.807) is 7.11 Å². The van der Waals surface area contributed by atoms with E-state index in [0.29, 0.717) is 12.2 Å². The second-order valence-corrected chi connectivity index (χ2v) is 6.50. The van der Waals surface area contributed by atoms with Crippen molar-refractivity contribution in [2.24, 2.45) is 7.05 Å². The number of aryl methyl sites for hydroxylation is 2. The third kappa shape index (κ3) is 3.49. The molecule has 0 aliphatic heterocycles. The lowest BCUT2D eigenvalue weighted by Crippen LogP contribution is -2.08. The zero-order valence-corrected chi connectivity index (χ0v) is 15.4. The van der Waals surface area contributed by atoms with Gasteiger partial charge >= 0.3 is 0 Å². The molecule has 0 amide bonds. The first-order chi connectivity index (χ1) is 9.97. The molecule has 0 radical (unpaired) electrons. The largest absolute Gasteiger partial charge is 0.496 e. The molecule has 1 aromatic heterocycles. The topological polar surface area (TPSA) is 47.3 Å². The van der Waals surface area contributed by atoms with Crippen molar-refractivity contribution in [2.75, 3.05) is 7.11 Å². The maximum Gasteiger partial charge on any atom is 0.124 e. The number of aromatic nitrogens is 2. The van der Waals surface area contributed by atoms with E-state index in [1.165, 1.54) is 0 Å². The predicted molar refractivity (Wildman–Crippen MR) is 89.6 cm³/mol. The molecule has 1 unspecified atom stereocenters. The fraction of sp³-hybridized carbons (Fsp3) is 0.400. The van der Waals surface area contributed by atoms with Gasteiger partial charge in [-0.25, -0.2) is 0 Å². The maximum absolute atomic E-state index is 10.6. The van der Waals surface area contributed by atoms with Gasteiger partial charge < -0.3 is 9.84 Å². The van der Waals surface area contributed by atoms with Crippen LogP contribution in [0.3, 0.4) is 0 Å². The van der Waals surface area contributed by atoms with Gasteiger partial charge in [-0.2, -0.15) is 5.10 Å². The lowest BCUT2D eigenvalue weighted by atomic mass is 10.0. The molecule has 0 saturated heterocycles. The SMILES string of the molecule is CCc1nn(C)c(CC(O)c2cc(Br)ccc2OC)c1Br. The Balaban J connectivity index is 2.32. The van der Waals surface area contributed by atoms with Crippen LogP contribution in [0.4, 0.5) is 0 Å². The molecule has 6 heteroatoms. The summed E-state index contributed by atoms with van der Waals surface area (Å²) >= 11 is 7.01. The van der Waals surface area contributed by atoms with Crippen LogP contribution in [0.5, 0.6) is 5.75 Å². The highest BCUT2D eigenvalue weighted by Crippen LogP contribution is 2.32. The van der Waals surface area contributed by atoms with Crippen molar-refractivity contribution in [3.63, 3.8) is 0 Å². The highest BCUT2D eigenvalue weighted by molar-refractivity contribution is 9.10. The average molecular weight is 418 g/mol. The minimum atomic E-state index is -0.658. The number of halogens is 2. The number of methoxy groups -OCH3 is 1. The molecule has 0 spiro atoms. The fourth-order valence-electron chi connectivity index (χ4n) is 2.30. The molecule has 1 N–H and O–H groups in total. The molecule has 1 aromatic carbocycles. The molecule has 0 fully saturated rings. The highest BCUT2D eigenvalue weighted by Gasteiger charge is 2.20. The van der Waals surface area contributed by atoms with Crippen molar-refractivity contribution in [2.45, 2.75) is 25.9 Å². The second kappa shape index (κ2) is 6.94. The Kier molecular flexibility index (Phi) is 5.46. The van der Waals surface area contributed by atoms with E-state index in [-0.39, 0.29) is 0 Å². The summed E-state index contributed by atoms with van der Waals surface area (Å²) in [7, 11) is 3.50. The van der Waals surface area contributed by atoms with Gasteiger partial charge in [-0.15, -0.1) is 0 Å². The number of aliphatic hydroxyl groups is 1. The molecular formula is C15H18Br2N2O2. The number of hydrogen-bond donors (Lipinski definition) is 1. The van der Waals surface area contributed by atoms with Crippen molar-refractivity contribution in [3.05, 3.63) is 44.1 Å². The van der Waals surface area contributed by atoms with Gasteiger partial charge in [0.25, 0.3) is 0 Å². The summed E-state index contributed by atoms with van der Waals surface area (Å²) in [5.74, 6) is 0.680. The Hall–Kier alpha value is -0.850. The van der Waals surface area contributed by atoms with Crippen LogP contribution in [-0.4, -0.2) is 22.0 Å². The van der Waals surface area contributed by atoms with Crippen molar-refractivity contribution in [3.8, 4) is 5.75 Å². The molecule has 0 bridgehead atoms. The molecule has 0 saturated carbocycles. The fourth-order valence-corrected chi connectivity index (χ4v) is 3.46. The molecule has 2 aromatic rings. The number of aliphatic hydroxyl groups excluding tert-OH is 1. The number of benzene rings is 1. The van der Waals surface area contributed by atoms with E-state index in [9.17, 15) is 5.11 Å². The molecule has 2 rings (SSSR count). The summed E-state index contributed by atoms with van der Waals surface area (Å²) in [6.07, 6.45) is 0.663. The van der Waals surface area contributed by atoms with Gasteiger partial charge in [-0.3, -0.25) is 4.68 Å². The van der Waals surface area contributed by atoms with E-state index in [1.807, 2.05) is 29.9 Å². The molecule has 21 heavy (non-hydrogen) atoms. The number of rotatable bonds is 5. The van der Waals surface area contributed by atoms with Gasteiger partial charge in [0.2, 0.25) is 0 Å². The standard InChI is InChI=1S/C15H18Br2N2O2/c1-4-11-15(17)12(19(2)18-11)8-13(20)10-7-9(16)5-6-14(10)21-3/h5-7,13,20H,4,8H2,1-3H3. The first-order valence-corrected chi connectivity index (χ1v) is 8.28. The molecule has 1 atom stereocenters. The summed E-state index contributed by atoms with van der Waals surface area (Å²) in [5, 5.41) is 15.0. The summed E-state index contributed by atoms with van der Waals surface area (Å²) in [6, 6.07) is 5.62. The minimum absolute atomic E-state index is 0.469. The van der Waals surface area contributed by atoms with Gasteiger partial charge in [-0.1, -0.05) is 22.9 Å². The van der Waals surface area contributed by atoms with Crippen LogP contribution in [0.15, 0.2) is 27.1 Å². The first-order valence-electron chi connectivity index (χ1n) is 6.69. The molecule has 0 aliphatic carbocycles. The van der Waals surface area contributed by atoms with Crippen LogP contribution in [0.2, 0.25) is 0 Å². The van der Waals surface area contributed by atoms with Crippen molar-refractivity contribution in [1.29, 1.82) is 0 Å². The first kappa shape index (κ1) is 16.5. The minimum Gasteiger partial charge on any atom is -0.496 e. The Bertz CT molecular complexity index is 641. The lowest BCUT2D eigenvalue weighted by Gasteiger charge is -2.15. The van der Waals surface area contributed by atoms with Gasteiger partial charge in [0.05, 0.1) is 29.1 Å². The third-order valence-electron chi connectivity index (χ3n) is 3.44. The Morgan fingerprint density at radius 2 is 2.10 bits per heavy atom. The van der Waals surface area contributed by atoms with Crippen molar-refractivity contribution in [1.82, 2.24) is 9.78 Å². The van der Waals surface area contributed by atoms with Crippen LogP contribution < -0.4 is 4.74 Å². The summed E-state index contributed by atoms with van der Waals surface area (Å²) in [6.45, 7) is 2.06. The molecule has 114 valence electrons. The quantitative estimate of drug-likeness (QED) is 0.804. The predicted octanol–water partition coefficient (Wildman–Crippen LogP) is 3.79. The molecule has 0 aliphatic rings. The van der Waals surface area contributed by atoms with Crippen LogP contribution in [0.1, 0.15) is 30.0 Å². The van der Waals surface area contributed by atoms with E-state index >= 15 is 0 Å². The van der Waals surface area contributed by atoms with E-state index in [4.69, 9.17) is 4.74 Å². The Morgan fingerprint density at radius 3 is 2.67 bits per heavy atom. The van der Waals surface area contributed by atoms with E-state index < -0.39 is 6.10 Å². The third-order valence-corrected chi connectivity index (χ3v) is 4.85. The van der Waals surface area contributed by atoms with Crippen LogP contribution in [-0.2, 0) is 19.9 Å². The van der Waals surface area contributed by atoms with Gasteiger partial charge in [-0.05, 0) is 40.5 Å². The average Bonchev–Trinajstić information content (AvgIpc) is 2.74. The van der Waals surface area contributed by atoms with Crippen LogP contribution in [0, 0.1) is 0 Å². The molecular weight excluding hydrogens is 400 g/mol. The number of ether oxygens (including phenoxy) is 1. The Labute approximate surface area is 141 Å². The monoisotopic (exact) mass is 416 g/mol. The summed E-state index contributed by atoms with van der Waals surface area (Å²) < 4.78 is 9.03. The summed E-state index contributed by atoms with van der Waals surface area (Å²) in [5.41, 5.74) is 2.74. The zero-order chi connectivity index (χ0) is 15.6. The second-order valence-electron chi connectivity index (χ2n) is 4.79. The van der Waals surface area contributed by atoms with Gasteiger partial charge in [0, 0.05) is 23.5 Å². The number of hydrogen-bond acceptors (Lipinski definition) is 3. The smallest absolute Gasteiger partial charge is 0.124 e. The van der Waals surface area contributed by atoms with Crippen molar-refractivity contribution < 1.29 is 9.84 Å². The highest BCUT2D eigenvalue weighted by atomic mass is 79.9. The molecule has 1 heterocycles. The Morgan fingerprint density at radius 1 is 1.38 bits per heavy atom. The van der Waals surface area contributed by atoms with E-state index in [2.05, 4.69) is 43.9 Å². The van der Waals surface area contributed by atoms with Crippen LogP contribution >= 0.6 is 31.9 Å². The van der Waals surface area contributed by atoms with Crippen molar-refractivity contribution >= 4 is 31.9 Å². The van der Waals surface area contributed by atoms with Gasteiger partial charge in [0.1, 0.15) is 5.75 Å². The normalized spacial score (nSPS) is 12.5. The number of nitrogens with zero attached hydrogens (tertiary/aromatic N) is 2. The zero-order valence-electron chi connectivity index (χ0n) is 12.2. The van der Waals surface area contributed by atoms with Gasteiger partial charge in [0.15, 0.2) is 0 Å². The van der Waals surface area contributed by atoms with Crippen LogP contribution in [0.25, 0.3) is 0 Å². The maximum atomic E-state index is 10.6. The summed E-state index contributed by atoms with van der Waals surface area (Å²) in [4.78, 5) is 0. The van der Waals surface area contributed by atoms with E-state index in [0.717, 1.165) is 32.3 Å². The lowest BCUT2D eigenvalue weighted by molar-refractivity contribution is 0.171. The molecule has 4 nitrogen and oxygen atoms in total.